The van der Waals surface area contributed by atoms with E-state index in [1.165, 1.54) is 12.1 Å². The predicted molar refractivity (Wildman–Crippen MR) is 77.5 cm³/mol. The van der Waals surface area contributed by atoms with Crippen molar-refractivity contribution in [1.29, 1.82) is 0 Å². The van der Waals surface area contributed by atoms with Crippen molar-refractivity contribution in [3.05, 3.63) is 58.3 Å². The fourth-order valence-corrected chi connectivity index (χ4v) is 2.04. The Hall–Kier alpha value is -1.59. The zero-order valence-electron chi connectivity index (χ0n) is 10.8. The first-order valence-electron chi connectivity index (χ1n) is 6.00. The summed E-state index contributed by atoms with van der Waals surface area (Å²) in [6.45, 7) is -0.0360. The molecule has 1 atom stereocenters. The molecule has 0 heterocycles. The minimum Gasteiger partial charge on any atom is -0.497 e. The molecule has 0 aliphatic heterocycles. The van der Waals surface area contributed by atoms with Crippen molar-refractivity contribution < 1.29 is 19.0 Å². The summed E-state index contributed by atoms with van der Waals surface area (Å²) in [6.07, 6.45) is -0.854. The number of rotatable bonds is 5. The molecule has 0 spiro atoms. The molecule has 106 valence electrons. The molecule has 0 aliphatic carbocycles. The van der Waals surface area contributed by atoms with Gasteiger partial charge in [0.15, 0.2) is 11.6 Å². The van der Waals surface area contributed by atoms with E-state index in [4.69, 9.17) is 9.47 Å². The van der Waals surface area contributed by atoms with Crippen LogP contribution in [0.15, 0.2) is 46.9 Å². The molecule has 1 N–H and O–H groups in total. The van der Waals surface area contributed by atoms with Crippen LogP contribution in [0.4, 0.5) is 4.39 Å². The van der Waals surface area contributed by atoms with Crippen molar-refractivity contribution in [2.45, 2.75) is 6.10 Å². The first-order chi connectivity index (χ1) is 9.60. The van der Waals surface area contributed by atoms with Gasteiger partial charge in [0.05, 0.1) is 7.11 Å². The molecule has 2 aromatic rings. The number of aliphatic hydroxyl groups excluding tert-OH is 1. The molecule has 0 radical (unpaired) electrons. The number of aliphatic hydroxyl groups is 1. The molecule has 0 saturated heterocycles. The third-order valence-electron chi connectivity index (χ3n) is 2.77. The molecule has 0 bridgehead atoms. The fraction of sp³-hybridized carbons (Fsp3) is 0.200. The monoisotopic (exact) mass is 340 g/mol. The van der Waals surface area contributed by atoms with Crippen LogP contribution in [0.3, 0.4) is 0 Å². The van der Waals surface area contributed by atoms with E-state index >= 15 is 0 Å². The first-order valence-corrected chi connectivity index (χ1v) is 6.79. The second-order valence-corrected chi connectivity index (χ2v) is 5.09. The van der Waals surface area contributed by atoms with Gasteiger partial charge >= 0.3 is 0 Å². The summed E-state index contributed by atoms with van der Waals surface area (Å²) < 4.78 is 24.6. The smallest absolute Gasteiger partial charge is 0.166 e. The lowest BCUT2D eigenvalue weighted by Crippen LogP contribution is -2.10. The lowest BCUT2D eigenvalue weighted by Gasteiger charge is -2.14. The van der Waals surface area contributed by atoms with Crippen molar-refractivity contribution in [2.24, 2.45) is 0 Å². The van der Waals surface area contributed by atoms with Gasteiger partial charge in [-0.3, -0.25) is 0 Å². The summed E-state index contributed by atoms with van der Waals surface area (Å²) in [5.41, 5.74) is 0.655. The molecular weight excluding hydrogens is 327 g/mol. The normalized spacial score (nSPS) is 12.0. The zero-order chi connectivity index (χ0) is 14.5. The maximum Gasteiger partial charge on any atom is 0.166 e. The maximum atomic E-state index is 13.6. The predicted octanol–water partition coefficient (Wildman–Crippen LogP) is 3.71. The number of benzene rings is 2. The molecule has 20 heavy (non-hydrogen) atoms. The Labute approximate surface area is 125 Å². The van der Waals surface area contributed by atoms with Gasteiger partial charge in [0.25, 0.3) is 0 Å². The van der Waals surface area contributed by atoms with Crippen molar-refractivity contribution in [3.63, 3.8) is 0 Å². The van der Waals surface area contributed by atoms with Crippen LogP contribution in [0, 0.1) is 5.82 Å². The summed E-state index contributed by atoms with van der Waals surface area (Å²) in [4.78, 5) is 0. The van der Waals surface area contributed by atoms with E-state index in [0.717, 1.165) is 0 Å². The average Bonchev–Trinajstić information content (AvgIpc) is 2.46. The largest absolute Gasteiger partial charge is 0.497 e. The van der Waals surface area contributed by atoms with E-state index in [9.17, 15) is 9.50 Å². The highest BCUT2D eigenvalue weighted by Crippen LogP contribution is 2.24. The second-order valence-electron chi connectivity index (χ2n) is 4.18. The van der Waals surface area contributed by atoms with Gasteiger partial charge in [-0.1, -0.05) is 28.1 Å². The molecule has 0 amide bonds. The Morgan fingerprint density at radius 1 is 1.25 bits per heavy atom. The Morgan fingerprint density at radius 3 is 2.75 bits per heavy atom. The zero-order valence-corrected chi connectivity index (χ0v) is 12.4. The van der Waals surface area contributed by atoms with Crippen molar-refractivity contribution in [1.82, 2.24) is 0 Å². The Balaban J connectivity index is 2.02. The summed E-state index contributed by atoms with van der Waals surface area (Å²) in [5.74, 6) is 0.281. The van der Waals surface area contributed by atoms with Gasteiger partial charge in [-0.05, 0) is 35.9 Å². The van der Waals surface area contributed by atoms with Crippen molar-refractivity contribution in [2.75, 3.05) is 13.7 Å². The molecule has 0 aliphatic rings. The molecule has 0 aromatic heterocycles. The molecule has 2 aromatic carbocycles. The standard InChI is InChI=1S/C15H14BrFO3/c1-19-12-4-2-3-10(7-12)14(18)9-20-15-6-5-11(16)8-13(15)17/h2-8,14,18H,9H2,1H3. The van der Waals surface area contributed by atoms with Crippen LogP contribution in [0.25, 0.3) is 0 Å². The summed E-state index contributed by atoms with van der Waals surface area (Å²) in [7, 11) is 1.55. The third kappa shape index (κ3) is 3.71. The Morgan fingerprint density at radius 2 is 2.05 bits per heavy atom. The van der Waals surface area contributed by atoms with E-state index in [1.54, 1.807) is 37.4 Å². The lowest BCUT2D eigenvalue weighted by molar-refractivity contribution is 0.105. The molecule has 2 rings (SSSR count). The molecule has 1 unspecified atom stereocenters. The van der Waals surface area contributed by atoms with Gasteiger partial charge in [0.2, 0.25) is 0 Å². The van der Waals surface area contributed by atoms with Gasteiger partial charge < -0.3 is 14.6 Å². The van der Waals surface area contributed by atoms with Gasteiger partial charge in [-0.15, -0.1) is 0 Å². The Bertz CT molecular complexity index is 589. The highest BCUT2D eigenvalue weighted by atomic mass is 79.9. The Kier molecular flexibility index (Phi) is 4.98. The van der Waals surface area contributed by atoms with Crippen molar-refractivity contribution >= 4 is 15.9 Å². The fourth-order valence-electron chi connectivity index (χ4n) is 1.71. The number of hydrogen-bond acceptors (Lipinski definition) is 3. The first kappa shape index (κ1) is 14.8. The van der Waals surface area contributed by atoms with Gasteiger partial charge in [0.1, 0.15) is 18.5 Å². The van der Waals surface area contributed by atoms with Crippen LogP contribution in [-0.2, 0) is 0 Å². The van der Waals surface area contributed by atoms with Crippen LogP contribution in [-0.4, -0.2) is 18.8 Å². The number of methoxy groups -OCH3 is 1. The van der Waals surface area contributed by atoms with Crippen molar-refractivity contribution in [3.8, 4) is 11.5 Å². The van der Waals surface area contributed by atoms with E-state index in [0.29, 0.717) is 15.8 Å². The van der Waals surface area contributed by atoms with Gasteiger partial charge in [0, 0.05) is 4.47 Å². The van der Waals surface area contributed by atoms with Crippen LogP contribution < -0.4 is 9.47 Å². The summed E-state index contributed by atoms with van der Waals surface area (Å²) >= 11 is 3.17. The van der Waals surface area contributed by atoms with Crippen LogP contribution in [0.5, 0.6) is 11.5 Å². The minimum atomic E-state index is -0.854. The quantitative estimate of drug-likeness (QED) is 0.901. The topological polar surface area (TPSA) is 38.7 Å². The average molecular weight is 341 g/mol. The third-order valence-corrected chi connectivity index (χ3v) is 3.26. The van der Waals surface area contributed by atoms with Crippen LogP contribution in [0.2, 0.25) is 0 Å². The van der Waals surface area contributed by atoms with E-state index in [2.05, 4.69) is 15.9 Å². The van der Waals surface area contributed by atoms with Crippen LogP contribution in [0.1, 0.15) is 11.7 Å². The highest BCUT2D eigenvalue weighted by Gasteiger charge is 2.11. The maximum absolute atomic E-state index is 13.6. The molecular formula is C15H14BrFO3. The van der Waals surface area contributed by atoms with E-state index in [-0.39, 0.29) is 12.4 Å². The summed E-state index contributed by atoms with van der Waals surface area (Å²) in [6, 6.07) is 11.5. The molecule has 5 heteroatoms. The van der Waals surface area contributed by atoms with Gasteiger partial charge in [-0.25, -0.2) is 4.39 Å². The SMILES string of the molecule is COc1cccc(C(O)COc2ccc(Br)cc2F)c1. The van der Waals surface area contributed by atoms with E-state index in [1.807, 2.05) is 0 Å². The number of hydrogen-bond donors (Lipinski definition) is 1. The minimum absolute atomic E-state index is 0.0360. The molecule has 3 nitrogen and oxygen atoms in total. The number of halogens is 2. The lowest BCUT2D eigenvalue weighted by atomic mass is 10.1. The molecule has 0 fully saturated rings. The molecule has 0 saturated carbocycles. The van der Waals surface area contributed by atoms with Crippen LogP contribution >= 0.6 is 15.9 Å². The number of ether oxygens (including phenoxy) is 2. The van der Waals surface area contributed by atoms with Gasteiger partial charge in [-0.2, -0.15) is 0 Å². The summed E-state index contributed by atoms with van der Waals surface area (Å²) in [5, 5.41) is 10.0. The second kappa shape index (κ2) is 6.72. The van der Waals surface area contributed by atoms with E-state index < -0.39 is 11.9 Å². The highest BCUT2D eigenvalue weighted by molar-refractivity contribution is 9.10.